The van der Waals surface area contributed by atoms with Gasteiger partial charge >= 0.3 is 0 Å². The van der Waals surface area contributed by atoms with E-state index in [0.29, 0.717) is 28.2 Å². The third kappa shape index (κ3) is 11.6. The molecule has 2 aliphatic heterocycles. The predicted molar refractivity (Wildman–Crippen MR) is 279 cm³/mol. The molecule has 8 rings (SSSR count). The van der Waals surface area contributed by atoms with Crippen molar-refractivity contribution in [3.05, 3.63) is 128 Å². The van der Waals surface area contributed by atoms with Crippen LogP contribution in [0.5, 0.6) is 11.5 Å². The molecule has 378 valence electrons. The lowest BCUT2D eigenvalue weighted by atomic mass is 9.85. The van der Waals surface area contributed by atoms with E-state index in [1.54, 1.807) is 46.9 Å². The first-order valence-electron chi connectivity index (χ1n) is 23.9. The predicted octanol–water partition coefficient (Wildman–Crippen LogP) is 7.95. The van der Waals surface area contributed by atoms with Gasteiger partial charge in [-0.25, -0.2) is 4.98 Å². The number of aryl methyl sites for hydroxylation is 3. The van der Waals surface area contributed by atoms with Crippen LogP contribution in [0.25, 0.3) is 15.4 Å². The molecule has 2 aliphatic rings. The topological polar surface area (TPSA) is 202 Å². The fraction of sp³-hybridized carbons (Fsp3) is 0.396. The summed E-state index contributed by atoms with van der Waals surface area (Å²) in [6.07, 6.45) is -1.22. The summed E-state index contributed by atoms with van der Waals surface area (Å²) in [6.45, 7) is 17.0. The number of hydrogen-bond donors (Lipinski definition) is 4. The minimum atomic E-state index is -1.02. The normalized spacial score (nSPS) is 17.7. The lowest BCUT2D eigenvalue weighted by Gasteiger charge is -2.35. The Labute approximate surface area is 432 Å². The van der Waals surface area contributed by atoms with Crippen LogP contribution in [0.1, 0.15) is 104 Å². The summed E-state index contributed by atoms with van der Waals surface area (Å²) >= 11 is 9.47. The van der Waals surface area contributed by atoms with E-state index >= 15 is 0 Å². The number of carbonyl (C=O) groups excluding carboxylic acids is 4. The standard InChI is InChI=1S/C53H60ClN9O7S2/c1-28(24-55-43(65)23-41-49-61-60-33(6)63(49)52-45(29(2)32(5)72-52)46(58-41)35-14-16-37(54)17-15-35)70-40-20-18-39(19-21-40)69-26-44(66)59-48(53(7,8)9)51(68)62-25-38(64)22-42(62)50(67)57-30(3)34-10-12-36(13-11-34)47-31(4)56-27-71-47/h10-21,27-28,30,38,41-42,48,64H,22-26H2,1-9H3,(H,55,65)(H,57,67)(H,59,66)/t28-,30+,38-,41+,42+,48?/m1/s1. The van der Waals surface area contributed by atoms with Gasteiger partial charge in [-0.15, -0.1) is 32.9 Å². The maximum absolute atomic E-state index is 14.2. The van der Waals surface area contributed by atoms with Crippen LogP contribution < -0.4 is 25.4 Å². The van der Waals surface area contributed by atoms with Gasteiger partial charge in [0.25, 0.3) is 5.91 Å². The zero-order valence-electron chi connectivity index (χ0n) is 41.8. The minimum absolute atomic E-state index is 0.0309. The Bertz CT molecular complexity index is 2980. The number of amides is 4. The number of carbonyl (C=O) groups is 4. The molecule has 4 amide bonds. The quantitative estimate of drug-likeness (QED) is 0.0737. The highest BCUT2D eigenvalue weighted by molar-refractivity contribution is 7.15. The van der Waals surface area contributed by atoms with Gasteiger partial charge in [-0.1, -0.05) is 68.8 Å². The summed E-state index contributed by atoms with van der Waals surface area (Å²) in [4.78, 5) is 68.0. The number of halogens is 1. The van der Waals surface area contributed by atoms with Crippen LogP contribution in [-0.2, 0) is 19.2 Å². The Morgan fingerprint density at radius 3 is 2.24 bits per heavy atom. The first kappa shape index (κ1) is 51.9. The van der Waals surface area contributed by atoms with Gasteiger partial charge in [-0.05, 0) is 100 Å². The van der Waals surface area contributed by atoms with Crippen molar-refractivity contribution >= 4 is 63.6 Å². The van der Waals surface area contributed by atoms with E-state index in [0.717, 1.165) is 54.0 Å². The molecular formula is C53H60ClN9O7S2. The minimum Gasteiger partial charge on any atom is -0.489 e. The number of benzene rings is 3. The number of aromatic nitrogens is 4. The van der Waals surface area contributed by atoms with Crippen LogP contribution in [0.4, 0.5) is 0 Å². The molecule has 3 aromatic heterocycles. The first-order valence-corrected chi connectivity index (χ1v) is 25.9. The number of ether oxygens (including phenoxy) is 2. The number of thiazole rings is 1. The molecule has 4 N–H and O–H groups in total. The van der Waals surface area contributed by atoms with Gasteiger partial charge in [0, 0.05) is 34.0 Å². The van der Waals surface area contributed by atoms with Crippen molar-refractivity contribution < 1.29 is 33.8 Å². The highest BCUT2D eigenvalue weighted by Gasteiger charge is 2.45. The summed E-state index contributed by atoms with van der Waals surface area (Å²) < 4.78 is 13.9. The summed E-state index contributed by atoms with van der Waals surface area (Å²) in [5.41, 5.74) is 7.68. The van der Waals surface area contributed by atoms with Crippen molar-refractivity contribution in [1.29, 1.82) is 0 Å². The van der Waals surface area contributed by atoms with Crippen LogP contribution in [0.3, 0.4) is 0 Å². The van der Waals surface area contributed by atoms with E-state index in [2.05, 4.69) is 45.0 Å². The number of aliphatic imine (C=N–C) groups is 1. The van der Waals surface area contributed by atoms with Gasteiger partial charge in [0.2, 0.25) is 17.7 Å². The second-order valence-corrected chi connectivity index (χ2v) is 22.0. The average molecular weight is 1030 g/mol. The third-order valence-corrected chi connectivity index (χ3v) is 15.3. The fourth-order valence-electron chi connectivity index (χ4n) is 8.89. The van der Waals surface area contributed by atoms with Crippen LogP contribution in [0, 0.1) is 33.1 Å². The smallest absolute Gasteiger partial charge is 0.258 e. The molecule has 0 saturated carbocycles. The fourth-order valence-corrected chi connectivity index (χ4v) is 11.0. The Balaban J connectivity index is 0.828. The second-order valence-electron chi connectivity index (χ2n) is 19.5. The SMILES string of the molecule is Cc1ncsc1-c1ccc([C@H](C)NC(=O)[C@@H]2C[C@@H](O)CN2C(=O)C(NC(=O)COc2ccc(O[C@H](C)CNC(=O)C[C@@H]3N=C(c4ccc(Cl)cc4)c4c(sc(C)c4C)-n4c(C)nnc43)cc2)C(C)(C)C)cc1. The number of β-amino-alcohol motifs (C(OH)–C–C–N with tert-alkyl or cyclic N) is 1. The number of fused-ring (bicyclic) bond motifs is 3. The third-order valence-electron chi connectivity index (χ3n) is 12.9. The van der Waals surface area contributed by atoms with E-state index in [9.17, 15) is 24.3 Å². The molecule has 0 aliphatic carbocycles. The molecule has 3 aromatic carbocycles. The Morgan fingerprint density at radius 1 is 0.889 bits per heavy atom. The highest BCUT2D eigenvalue weighted by atomic mass is 35.5. The number of hydrogen-bond acceptors (Lipinski definition) is 13. The molecule has 1 unspecified atom stereocenters. The summed E-state index contributed by atoms with van der Waals surface area (Å²) in [5, 5.41) is 30.0. The molecule has 1 fully saturated rings. The Morgan fingerprint density at radius 2 is 1.57 bits per heavy atom. The zero-order chi connectivity index (χ0) is 51.6. The van der Waals surface area contributed by atoms with Crippen molar-refractivity contribution in [3.8, 4) is 26.9 Å². The largest absolute Gasteiger partial charge is 0.489 e. The van der Waals surface area contributed by atoms with E-state index in [4.69, 9.17) is 26.1 Å². The summed E-state index contributed by atoms with van der Waals surface area (Å²) in [7, 11) is 0. The van der Waals surface area contributed by atoms with Gasteiger partial charge in [-0.3, -0.25) is 28.7 Å². The van der Waals surface area contributed by atoms with Crippen LogP contribution >= 0.6 is 34.3 Å². The highest BCUT2D eigenvalue weighted by Crippen LogP contribution is 2.40. The molecule has 5 heterocycles. The number of likely N-dealkylation sites (tertiary alicyclic amines) is 1. The molecule has 0 bridgehead atoms. The zero-order valence-corrected chi connectivity index (χ0v) is 44.2. The molecule has 1 saturated heterocycles. The van der Waals surface area contributed by atoms with E-state index in [-0.39, 0.29) is 44.5 Å². The summed E-state index contributed by atoms with van der Waals surface area (Å²) in [5.74, 6) is 0.581. The molecular weight excluding hydrogens is 974 g/mol. The van der Waals surface area contributed by atoms with Crippen molar-refractivity contribution in [2.75, 3.05) is 19.7 Å². The van der Waals surface area contributed by atoms with Gasteiger partial charge in [-0.2, -0.15) is 0 Å². The maximum atomic E-state index is 14.2. The number of aliphatic hydroxyl groups excluding tert-OH is 1. The average Bonchev–Trinajstić information content (AvgIpc) is 4.11. The Hall–Kier alpha value is -6.47. The molecule has 6 atom stereocenters. The lowest BCUT2D eigenvalue weighted by molar-refractivity contribution is -0.144. The van der Waals surface area contributed by atoms with Crippen molar-refractivity contribution in [3.63, 3.8) is 0 Å². The number of nitrogens with zero attached hydrogens (tertiary/aromatic N) is 6. The Kier molecular flexibility index (Phi) is 15.6. The van der Waals surface area contributed by atoms with E-state index in [1.807, 2.05) is 107 Å². The lowest BCUT2D eigenvalue weighted by Crippen LogP contribution is -2.58. The van der Waals surface area contributed by atoms with E-state index in [1.165, 1.54) is 4.90 Å². The molecule has 19 heteroatoms. The van der Waals surface area contributed by atoms with Gasteiger partial charge in [0.1, 0.15) is 46.6 Å². The number of aliphatic hydroxyl groups is 1. The maximum Gasteiger partial charge on any atom is 0.258 e. The van der Waals surface area contributed by atoms with Crippen LogP contribution in [0.15, 0.2) is 83.3 Å². The van der Waals surface area contributed by atoms with E-state index < -0.39 is 53.5 Å². The number of nitrogens with one attached hydrogen (secondary N) is 3. The number of rotatable bonds is 16. The monoisotopic (exact) mass is 1030 g/mol. The second kappa shape index (κ2) is 21.7. The molecule has 16 nitrogen and oxygen atoms in total. The van der Waals surface area contributed by atoms with Crippen LogP contribution in [0.2, 0.25) is 5.02 Å². The first-order chi connectivity index (χ1) is 34.2. The van der Waals surface area contributed by atoms with Gasteiger partial charge < -0.3 is 35.4 Å². The van der Waals surface area contributed by atoms with Crippen molar-refractivity contribution in [2.24, 2.45) is 10.4 Å². The van der Waals surface area contributed by atoms with Crippen LogP contribution in [-0.4, -0.2) is 103 Å². The molecule has 0 radical (unpaired) electrons. The molecule has 0 spiro atoms. The van der Waals surface area contributed by atoms with Crippen molar-refractivity contribution in [2.45, 2.75) is 112 Å². The molecule has 6 aromatic rings. The van der Waals surface area contributed by atoms with Gasteiger partial charge in [0.15, 0.2) is 12.4 Å². The summed E-state index contributed by atoms with van der Waals surface area (Å²) in [6, 6.07) is 19.2. The van der Waals surface area contributed by atoms with Crippen molar-refractivity contribution in [1.82, 2.24) is 40.6 Å². The van der Waals surface area contributed by atoms with Gasteiger partial charge in [0.05, 0.1) is 46.9 Å². The molecule has 72 heavy (non-hydrogen) atoms. The number of thiophene rings is 1.